The molecule has 0 unspecified atom stereocenters. The Morgan fingerprint density at radius 2 is 1.88 bits per heavy atom. The van der Waals surface area contributed by atoms with E-state index >= 15 is 0 Å². The number of ether oxygens (including phenoxy) is 1. The highest BCUT2D eigenvalue weighted by Gasteiger charge is 2.26. The summed E-state index contributed by atoms with van der Waals surface area (Å²) in [5.41, 5.74) is 4.37. The van der Waals surface area contributed by atoms with E-state index in [0.29, 0.717) is 5.75 Å². The first-order valence-corrected chi connectivity index (χ1v) is 8.66. The summed E-state index contributed by atoms with van der Waals surface area (Å²) in [7, 11) is 0. The minimum atomic E-state index is -1.34. The summed E-state index contributed by atoms with van der Waals surface area (Å²) in [6.07, 6.45) is 0.725. The fraction of sp³-hybridized carbons (Fsp3) is 0.400. The highest BCUT2D eigenvalue weighted by molar-refractivity contribution is 7.98. The van der Waals surface area contributed by atoms with Gasteiger partial charge in [0, 0.05) is 0 Å². The van der Waals surface area contributed by atoms with Crippen molar-refractivity contribution in [3.63, 3.8) is 0 Å². The Labute approximate surface area is 147 Å². The summed E-state index contributed by atoms with van der Waals surface area (Å²) < 4.78 is 32.0. The quantitative estimate of drug-likeness (QED) is 0.598. The smallest absolute Gasteiger partial charge is 0.329 e. The largest absolute Gasteiger partial charge is 0.451 e. The standard InChI is InChI=1S/C15H19F2N3O4S/c1-8(13(21)20-12-9(16)4-3-5-10(12)17)24-14(22)11(6-7-25-2)19-15(18)23/h3-5,8,11H,6-7H2,1-2H3,(H,20,21)(H3,18,19,23)/t8-,11+/m1/s1. The van der Waals surface area contributed by atoms with E-state index < -0.39 is 47.4 Å². The Morgan fingerprint density at radius 1 is 1.28 bits per heavy atom. The molecule has 0 saturated heterocycles. The molecule has 7 nitrogen and oxygen atoms in total. The van der Waals surface area contributed by atoms with Crippen LogP contribution in [0.5, 0.6) is 0 Å². The number of carbonyl (C=O) groups is 3. The van der Waals surface area contributed by atoms with Gasteiger partial charge in [-0.15, -0.1) is 0 Å². The molecular formula is C15H19F2N3O4S. The van der Waals surface area contributed by atoms with Gasteiger partial charge in [0.1, 0.15) is 23.4 Å². The van der Waals surface area contributed by atoms with Gasteiger partial charge in [-0.2, -0.15) is 11.8 Å². The van der Waals surface area contributed by atoms with Crippen molar-refractivity contribution in [1.82, 2.24) is 5.32 Å². The van der Waals surface area contributed by atoms with E-state index in [1.807, 2.05) is 11.6 Å². The Bertz CT molecular complexity index is 625. The first-order valence-electron chi connectivity index (χ1n) is 7.26. The van der Waals surface area contributed by atoms with Crippen molar-refractivity contribution in [2.45, 2.75) is 25.5 Å². The topological polar surface area (TPSA) is 111 Å². The summed E-state index contributed by atoms with van der Waals surface area (Å²) in [5.74, 6) is -3.16. The Hall–Kier alpha value is -2.36. The van der Waals surface area contributed by atoms with Crippen LogP contribution in [0.3, 0.4) is 0 Å². The Kier molecular flexibility index (Phi) is 8.12. The van der Waals surface area contributed by atoms with Crippen molar-refractivity contribution in [1.29, 1.82) is 0 Å². The van der Waals surface area contributed by atoms with Gasteiger partial charge in [0.2, 0.25) is 0 Å². The fourth-order valence-electron chi connectivity index (χ4n) is 1.81. The maximum Gasteiger partial charge on any atom is 0.329 e. The minimum absolute atomic E-state index is 0.249. The lowest BCUT2D eigenvalue weighted by molar-refractivity contribution is -0.155. The highest BCUT2D eigenvalue weighted by atomic mass is 32.2. The van der Waals surface area contributed by atoms with Gasteiger partial charge in [0.25, 0.3) is 5.91 Å². The van der Waals surface area contributed by atoms with Crippen LogP contribution in [0.1, 0.15) is 13.3 Å². The molecule has 0 aliphatic carbocycles. The SMILES string of the molecule is CSCC[C@H](NC(N)=O)C(=O)O[C@H](C)C(=O)Nc1c(F)cccc1F. The van der Waals surface area contributed by atoms with Gasteiger partial charge in [-0.1, -0.05) is 6.07 Å². The van der Waals surface area contributed by atoms with Crippen molar-refractivity contribution in [2.75, 3.05) is 17.3 Å². The molecule has 0 spiro atoms. The van der Waals surface area contributed by atoms with Gasteiger partial charge in [0.05, 0.1) is 0 Å². The predicted molar refractivity (Wildman–Crippen MR) is 90.0 cm³/mol. The zero-order valence-electron chi connectivity index (χ0n) is 13.7. The van der Waals surface area contributed by atoms with Crippen LogP contribution in [0.25, 0.3) is 0 Å². The monoisotopic (exact) mass is 375 g/mol. The van der Waals surface area contributed by atoms with Gasteiger partial charge in [-0.3, -0.25) is 4.79 Å². The number of hydrogen-bond donors (Lipinski definition) is 3. The number of nitrogens with two attached hydrogens (primary N) is 1. The van der Waals surface area contributed by atoms with Crippen LogP contribution in [-0.4, -0.2) is 42.1 Å². The zero-order valence-corrected chi connectivity index (χ0v) is 14.5. The molecule has 138 valence electrons. The van der Waals surface area contributed by atoms with Crippen LogP contribution in [0.15, 0.2) is 18.2 Å². The Morgan fingerprint density at radius 3 is 2.40 bits per heavy atom. The third kappa shape index (κ3) is 6.57. The molecule has 10 heteroatoms. The number of halogens is 2. The van der Waals surface area contributed by atoms with Crippen LogP contribution in [0.2, 0.25) is 0 Å². The maximum absolute atomic E-state index is 13.5. The molecule has 0 bridgehead atoms. The van der Waals surface area contributed by atoms with Crippen LogP contribution in [-0.2, 0) is 14.3 Å². The number of amides is 3. The van der Waals surface area contributed by atoms with Crippen LogP contribution in [0, 0.1) is 11.6 Å². The van der Waals surface area contributed by atoms with Crippen molar-refractivity contribution < 1.29 is 27.9 Å². The van der Waals surface area contributed by atoms with Gasteiger partial charge < -0.3 is 21.1 Å². The molecule has 0 fully saturated rings. The molecule has 4 N–H and O–H groups in total. The molecule has 1 aromatic carbocycles. The lowest BCUT2D eigenvalue weighted by Crippen LogP contribution is -2.46. The van der Waals surface area contributed by atoms with Gasteiger partial charge >= 0.3 is 12.0 Å². The average molecular weight is 375 g/mol. The maximum atomic E-state index is 13.5. The van der Waals surface area contributed by atoms with Crippen LogP contribution in [0.4, 0.5) is 19.3 Å². The van der Waals surface area contributed by atoms with Crippen molar-refractivity contribution in [3.05, 3.63) is 29.8 Å². The summed E-state index contributed by atoms with van der Waals surface area (Å²) >= 11 is 1.44. The van der Waals surface area contributed by atoms with Crippen molar-refractivity contribution in [2.24, 2.45) is 5.73 Å². The molecule has 25 heavy (non-hydrogen) atoms. The van der Waals surface area contributed by atoms with Crippen LogP contribution < -0.4 is 16.4 Å². The van der Waals surface area contributed by atoms with E-state index in [9.17, 15) is 23.2 Å². The van der Waals surface area contributed by atoms with Crippen molar-refractivity contribution in [3.8, 4) is 0 Å². The van der Waals surface area contributed by atoms with E-state index in [0.717, 1.165) is 18.2 Å². The first kappa shape index (κ1) is 20.7. The lowest BCUT2D eigenvalue weighted by Gasteiger charge is -2.19. The number of hydrogen-bond acceptors (Lipinski definition) is 5. The molecule has 0 saturated carbocycles. The number of thioether (sulfide) groups is 1. The molecule has 3 amide bonds. The summed E-state index contributed by atoms with van der Waals surface area (Å²) in [4.78, 5) is 35.0. The number of rotatable bonds is 8. The number of carbonyl (C=O) groups excluding carboxylic acids is 3. The third-order valence-corrected chi connectivity index (χ3v) is 3.73. The predicted octanol–water partition coefficient (Wildman–Crippen LogP) is 1.62. The molecule has 1 aromatic rings. The third-order valence-electron chi connectivity index (χ3n) is 3.08. The highest BCUT2D eigenvalue weighted by Crippen LogP contribution is 2.18. The molecule has 2 atom stereocenters. The van der Waals surface area contributed by atoms with E-state index in [1.165, 1.54) is 18.7 Å². The summed E-state index contributed by atoms with van der Waals surface area (Å²) in [6, 6.07) is 1.17. The molecule has 0 aromatic heterocycles. The number of benzene rings is 1. The number of primary amides is 1. The second kappa shape index (κ2) is 9.82. The zero-order chi connectivity index (χ0) is 19.0. The Balaban J connectivity index is 2.71. The molecular weight excluding hydrogens is 356 g/mol. The van der Waals surface area contributed by atoms with Crippen molar-refractivity contribution >= 4 is 35.4 Å². The minimum Gasteiger partial charge on any atom is -0.451 e. The lowest BCUT2D eigenvalue weighted by atomic mass is 10.2. The van der Waals surface area contributed by atoms with E-state index in [4.69, 9.17) is 10.5 Å². The first-order chi connectivity index (χ1) is 11.8. The van der Waals surface area contributed by atoms with E-state index in [-0.39, 0.29) is 6.42 Å². The van der Waals surface area contributed by atoms with E-state index in [1.54, 1.807) is 0 Å². The number of urea groups is 1. The second-order valence-corrected chi connectivity index (χ2v) is 5.99. The number of nitrogens with one attached hydrogen (secondary N) is 2. The molecule has 0 aliphatic heterocycles. The van der Waals surface area contributed by atoms with Gasteiger partial charge in [-0.05, 0) is 37.5 Å². The summed E-state index contributed by atoms with van der Waals surface area (Å²) in [5, 5.41) is 4.25. The number of anilines is 1. The van der Waals surface area contributed by atoms with Gasteiger partial charge in [-0.25, -0.2) is 18.4 Å². The normalized spacial score (nSPS) is 12.8. The van der Waals surface area contributed by atoms with Crippen LogP contribution >= 0.6 is 11.8 Å². The molecule has 1 rings (SSSR count). The fourth-order valence-corrected chi connectivity index (χ4v) is 2.28. The van der Waals surface area contributed by atoms with E-state index in [2.05, 4.69) is 5.32 Å². The molecule has 0 radical (unpaired) electrons. The number of esters is 1. The summed E-state index contributed by atoms with van der Waals surface area (Å²) in [6.45, 7) is 1.24. The number of para-hydroxylation sites is 1. The molecule has 0 aliphatic rings. The molecule has 0 heterocycles. The second-order valence-electron chi connectivity index (χ2n) is 5.01. The average Bonchev–Trinajstić information content (AvgIpc) is 2.54. The van der Waals surface area contributed by atoms with Gasteiger partial charge in [0.15, 0.2) is 6.10 Å².